The van der Waals surface area contributed by atoms with E-state index in [9.17, 15) is 18.0 Å². The maximum Gasteiger partial charge on any atom is 0.417 e. The van der Waals surface area contributed by atoms with Crippen molar-refractivity contribution in [3.63, 3.8) is 0 Å². The molecule has 1 aliphatic rings. The number of carbonyl (C=O) groups excluding carboxylic acids is 1. The Morgan fingerprint density at radius 1 is 1.27 bits per heavy atom. The van der Waals surface area contributed by atoms with Crippen LogP contribution < -0.4 is 10.2 Å². The van der Waals surface area contributed by atoms with Crippen LogP contribution in [0, 0.1) is 11.3 Å². The number of benzene rings is 1. The van der Waals surface area contributed by atoms with Crippen molar-refractivity contribution in [2.75, 3.05) is 18.0 Å². The average Bonchev–Trinajstić information content (AvgIpc) is 2.52. The molecule has 0 aromatic heterocycles. The predicted octanol–water partition coefficient (Wildman–Crippen LogP) is 4.07. The van der Waals surface area contributed by atoms with Crippen molar-refractivity contribution in [1.82, 2.24) is 5.32 Å². The number of ether oxygens (including phenoxy) is 1. The van der Waals surface area contributed by atoms with E-state index in [1.165, 1.54) is 12.1 Å². The molecule has 1 amide bonds. The van der Waals surface area contributed by atoms with Gasteiger partial charge in [0, 0.05) is 24.8 Å². The third-order valence-electron chi connectivity index (χ3n) is 4.01. The fourth-order valence-electron chi connectivity index (χ4n) is 2.82. The Labute approximate surface area is 150 Å². The first-order chi connectivity index (χ1) is 12.0. The van der Waals surface area contributed by atoms with E-state index in [2.05, 4.69) is 5.32 Å². The van der Waals surface area contributed by atoms with Crippen LogP contribution in [-0.2, 0) is 10.9 Å². The summed E-state index contributed by atoms with van der Waals surface area (Å²) >= 11 is 0. The first kappa shape index (κ1) is 19.9. The van der Waals surface area contributed by atoms with Crippen LogP contribution in [-0.4, -0.2) is 30.8 Å². The third kappa shape index (κ3) is 5.28. The molecule has 0 radical (unpaired) electrons. The number of halogens is 3. The lowest BCUT2D eigenvalue weighted by Gasteiger charge is -2.34. The summed E-state index contributed by atoms with van der Waals surface area (Å²) in [7, 11) is 0. The van der Waals surface area contributed by atoms with E-state index in [1.807, 2.05) is 4.90 Å². The fraction of sp³-hybridized carbons (Fsp3) is 0.556. The Hall–Kier alpha value is -2.43. The minimum absolute atomic E-state index is 0.0819. The summed E-state index contributed by atoms with van der Waals surface area (Å²) in [4.78, 5) is 13.6. The van der Waals surface area contributed by atoms with Crippen molar-refractivity contribution >= 4 is 11.8 Å². The Bertz CT molecular complexity index is 697. The summed E-state index contributed by atoms with van der Waals surface area (Å²) in [5.41, 5.74) is -1.47. The van der Waals surface area contributed by atoms with Crippen LogP contribution in [0.15, 0.2) is 18.2 Å². The van der Waals surface area contributed by atoms with Crippen molar-refractivity contribution in [3.05, 3.63) is 29.3 Å². The van der Waals surface area contributed by atoms with Crippen LogP contribution in [0.5, 0.6) is 0 Å². The lowest BCUT2D eigenvalue weighted by molar-refractivity contribution is -0.137. The number of nitrogens with zero attached hydrogens (tertiary/aromatic N) is 2. The highest BCUT2D eigenvalue weighted by Crippen LogP contribution is 2.35. The number of nitrogens with one attached hydrogen (secondary N) is 1. The maximum atomic E-state index is 13.1. The van der Waals surface area contributed by atoms with E-state index >= 15 is 0 Å². The Balaban J connectivity index is 2.00. The standard InChI is InChI=1S/C18H22F3N3O2/c1-17(2,3)26-16(25)23-13-6-8-24(9-7-13)14-5-4-12(11-22)15(10-14)18(19,20)21/h4-5,10,13H,6-9H2,1-3H3,(H,23,25). The van der Waals surface area contributed by atoms with Crippen LogP contribution in [0.25, 0.3) is 0 Å². The molecule has 8 heteroatoms. The Kier molecular flexibility index (Phi) is 5.69. The molecule has 0 saturated carbocycles. The number of amides is 1. The van der Waals surface area contributed by atoms with Crippen molar-refractivity contribution in [2.45, 2.75) is 51.4 Å². The zero-order chi connectivity index (χ0) is 19.5. The van der Waals surface area contributed by atoms with Gasteiger partial charge in [0.15, 0.2) is 0 Å². The molecule has 1 saturated heterocycles. The van der Waals surface area contributed by atoms with Gasteiger partial charge in [-0.1, -0.05) is 0 Å². The summed E-state index contributed by atoms with van der Waals surface area (Å²) in [6.07, 6.45) is -3.87. The van der Waals surface area contributed by atoms with Gasteiger partial charge in [0.1, 0.15) is 5.60 Å². The minimum Gasteiger partial charge on any atom is -0.444 e. The first-order valence-corrected chi connectivity index (χ1v) is 8.35. The molecule has 1 fully saturated rings. The summed E-state index contributed by atoms with van der Waals surface area (Å²) < 4.78 is 44.5. The second-order valence-corrected chi connectivity index (χ2v) is 7.25. The maximum absolute atomic E-state index is 13.1. The van der Waals surface area contributed by atoms with Crippen LogP contribution in [0.3, 0.4) is 0 Å². The van der Waals surface area contributed by atoms with E-state index in [-0.39, 0.29) is 11.6 Å². The van der Waals surface area contributed by atoms with Gasteiger partial charge in [0.25, 0.3) is 0 Å². The third-order valence-corrected chi connectivity index (χ3v) is 4.01. The molecular weight excluding hydrogens is 347 g/mol. The van der Waals surface area contributed by atoms with Crippen LogP contribution in [0.1, 0.15) is 44.7 Å². The van der Waals surface area contributed by atoms with Gasteiger partial charge < -0.3 is 15.0 Å². The molecule has 1 aromatic rings. The summed E-state index contributed by atoms with van der Waals surface area (Å²) in [5.74, 6) is 0. The van der Waals surface area contributed by atoms with Gasteiger partial charge in [-0.3, -0.25) is 0 Å². The number of hydrogen-bond acceptors (Lipinski definition) is 4. The zero-order valence-electron chi connectivity index (χ0n) is 15.0. The molecule has 1 aliphatic heterocycles. The van der Waals surface area contributed by atoms with Crippen LogP contribution in [0.4, 0.5) is 23.7 Å². The van der Waals surface area contributed by atoms with Gasteiger partial charge in [0.05, 0.1) is 17.2 Å². The zero-order valence-corrected chi connectivity index (χ0v) is 15.0. The Morgan fingerprint density at radius 2 is 1.88 bits per heavy atom. The van der Waals surface area contributed by atoms with Gasteiger partial charge in [-0.25, -0.2) is 4.79 Å². The molecule has 1 heterocycles. The first-order valence-electron chi connectivity index (χ1n) is 8.35. The number of piperidine rings is 1. The molecule has 0 unspecified atom stereocenters. The summed E-state index contributed by atoms with van der Waals surface area (Å²) in [5, 5.41) is 11.7. The highest BCUT2D eigenvalue weighted by atomic mass is 19.4. The van der Waals surface area contributed by atoms with Gasteiger partial charge in [0.2, 0.25) is 0 Å². The normalized spacial score (nSPS) is 16.1. The summed E-state index contributed by atoms with van der Waals surface area (Å²) in [6.45, 7) is 6.34. The molecule has 142 valence electrons. The molecule has 1 aromatic carbocycles. The molecule has 26 heavy (non-hydrogen) atoms. The van der Waals surface area contributed by atoms with Gasteiger partial charge in [-0.15, -0.1) is 0 Å². The number of rotatable bonds is 2. The van der Waals surface area contributed by atoms with Crippen LogP contribution >= 0.6 is 0 Å². The van der Waals surface area contributed by atoms with Gasteiger partial charge in [-0.2, -0.15) is 18.4 Å². The van der Waals surface area contributed by atoms with E-state index in [1.54, 1.807) is 26.8 Å². The predicted molar refractivity (Wildman–Crippen MR) is 90.8 cm³/mol. The fourth-order valence-corrected chi connectivity index (χ4v) is 2.82. The number of hydrogen-bond donors (Lipinski definition) is 1. The molecule has 0 spiro atoms. The average molecular weight is 369 g/mol. The molecule has 2 rings (SSSR count). The lowest BCUT2D eigenvalue weighted by atomic mass is 10.0. The summed E-state index contributed by atoms with van der Waals surface area (Å²) in [6, 6.07) is 5.23. The van der Waals surface area contributed by atoms with E-state index in [0.717, 1.165) is 6.07 Å². The monoisotopic (exact) mass is 369 g/mol. The number of anilines is 1. The number of alkyl halides is 3. The molecule has 0 aliphatic carbocycles. The quantitative estimate of drug-likeness (QED) is 0.853. The molecule has 0 bridgehead atoms. The van der Waals surface area contributed by atoms with Gasteiger partial charge >= 0.3 is 12.3 Å². The largest absolute Gasteiger partial charge is 0.444 e. The smallest absolute Gasteiger partial charge is 0.417 e. The van der Waals surface area contributed by atoms with Gasteiger partial charge in [-0.05, 0) is 51.8 Å². The number of alkyl carbamates (subject to hydrolysis) is 1. The van der Waals surface area contributed by atoms with Crippen molar-refractivity contribution in [3.8, 4) is 6.07 Å². The van der Waals surface area contributed by atoms with E-state index < -0.39 is 23.4 Å². The van der Waals surface area contributed by atoms with Crippen molar-refractivity contribution < 1.29 is 22.7 Å². The topological polar surface area (TPSA) is 65.4 Å². The molecular formula is C18H22F3N3O2. The molecule has 5 nitrogen and oxygen atoms in total. The second kappa shape index (κ2) is 7.44. The van der Waals surface area contributed by atoms with E-state index in [4.69, 9.17) is 10.00 Å². The van der Waals surface area contributed by atoms with Crippen molar-refractivity contribution in [1.29, 1.82) is 5.26 Å². The van der Waals surface area contributed by atoms with Crippen molar-refractivity contribution in [2.24, 2.45) is 0 Å². The number of carbonyl (C=O) groups is 1. The van der Waals surface area contributed by atoms with Crippen LogP contribution in [0.2, 0.25) is 0 Å². The highest BCUT2D eigenvalue weighted by Gasteiger charge is 2.34. The lowest BCUT2D eigenvalue weighted by Crippen LogP contribution is -2.46. The molecule has 0 atom stereocenters. The SMILES string of the molecule is CC(C)(C)OC(=O)NC1CCN(c2ccc(C#N)c(C(F)(F)F)c2)CC1. The molecule has 1 N–H and O–H groups in total. The van der Waals surface area contributed by atoms with E-state index in [0.29, 0.717) is 31.6 Å². The second-order valence-electron chi connectivity index (χ2n) is 7.25. The number of nitriles is 1. The minimum atomic E-state index is -4.57. The Morgan fingerprint density at radius 3 is 2.38 bits per heavy atom. The highest BCUT2D eigenvalue weighted by molar-refractivity contribution is 5.68.